The van der Waals surface area contributed by atoms with Gasteiger partial charge in [-0.15, -0.1) is 0 Å². The van der Waals surface area contributed by atoms with Crippen molar-refractivity contribution in [2.24, 2.45) is 0 Å². The fraction of sp³-hybridized carbons (Fsp3) is 0.276. The molecule has 1 fully saturated rings. The van der Waals surface area contributed by atoms with Crippen molar-refractivity contribution in [2.75, 3.05) is 25.5 Å². The summed E-state index contributed by atoms with van der Waals surface area (Å²) in [7, 11) is -1.52. The second-order valence-electron chi connectivity index (χ2n) is 9.74. The van der Waals surface area contributed by atoms with Gasteiger partial charge in [-0.1, -0.05) is 6.07 Å². The number of hydrogen-bond donors (Lipinski definition) is 1. The highest BCUT2D eigenvalue weighted by Crippen LogP contribution is 2.26. The molecule has 1 aliphatic rings. The first-order valence-electron chi connectivity index (χ1n) is 12.9. The summed E-state index contributed by atoms with van der Waals surface area (Å²) in [4.78, 5) is 15.7. The quantitative estimate of drug-likeness (QED) is 0.332. The molecule has 0 bridgehead atoms. The number of piperidine rings is 1. The summed E-state index contributed by atoms with van der Waals surface area (Å²) in [5, 5.41) is 3.11. The van der Waals surface area contributed by atoms with E-state index >= 15 is 0 Å². The van der Waals surface area contributed by atoms with Crippen molar-refractivity contribution < 1.29 is 12.8 Å². The molecule has 4 aromatic rings. The average Bonchev–Trinajstić information content (AvgIpc) is 2.95. The zero-order chi connectivity index (χ0) is 27.4. The maximum absolute atomic E-state index is 13.3. The lowest BCUT2D eigenvalue weighted by atomic mass is 10.0. The first-order chi connectivity index (χ1) is 18.8. The summed E-state index contributed by atoms with van der Waals surface area (Å²) in [6, 6.07) is 18.7. The fourth-order valence-electron chi connectivity index (χ4n) is 4.76. The van der Waals surface area contributed by atoms with Crippen LogP contribution in [-0.2, 0) is 16.6 Å². The van der Waals surface area contributed by atoms with E-state index in [0.717, 1.165) is 36.2 Å². The van der Waals surface area contributed by atoms with Crippen molar-refractivity contribution in [1.29, 1.82) is 0 Å². The Bertz CT molecular complexity index is 1520. The maximum atomic E-state index is 13.3. The summed E-state index contributed by atoms with van der Waals surface area (Å²) in [5.41, 5.74) is 4.29. The van der Waals surface area contributed by atoms with E-state index in [0.29, 0.717) is 36.5 Å². The molecule has 0 spiro atoms. The number of aryl methyl sites for hydroxylation is 1. The fourth-order valence-corrected chi connectivity index (χ4v) is 6.23. The highest BCUT2D eigenvalue weighted by atomic mass is 32.2. The van der Waals surface area contributed by atoms with Gasteiger partial charge in [0, 0.05) is 49.3 Å². The van der Waals surface area contributed by atoms with Crippen molar-refractivity contribution in [2.45, 2.75) is 37.2 Å². The summed E-state index contributed by atoms with van der Waals surface area (Å²) in [6.07, 6.45) is 4.96. The highest BCUT2D eigenvalue weighted by Gasteiger charge is 2.31. The van der Waals surface area contributed by atoms with Gasteiger partial charge in [-0.2, -0.15) is 4.31 Å². The SMILES string of the molecule is Cc1cccnc1CN(C)C1CCN(S(=O)(=O)c2ccc(Nc3nccc(-c4ccc(F)cc4)n3)cc2)CC1. The molecule has 1 aliphatic heterocycles. The van der Waals surface area contributed by atoms with E-state index in [1.807, 2.05) is 12.3 Å². The van der Waals surface area contributed by atoms with Gasteiger partial charge in [0.05, 0.1) is 16.3 Å². The topological polar surface area (TPSA) is 91.3 Å². The number of nitrogens with one attached hydrogen (secondary N) is 1. The number of sulfonamides is 1. The van der Waals surface area contributed by atoms with Gasteiger partial charge in [0.1, 0.15) is 5.82 Å². The molecule has 10 heteroatoms. The van der Waals surface area contributed by atoms with Gasteiger partial charge in [0.15, 0.2) is 0 Å². The molecule has 2 aromatic carbocycles. The molecule has 0 aliphatic carbocycles. The Morgan fingerprint density at radius 1 is 0.974 bits per heavy atom. The van der Waals surface area contributed by atoms with E-state index in [2.05, 4.69) is 45.2 Å². The Hall–Kier alpha value is -3.73. The predicted octanol–water partition coefficient (Wildman–Crippen LogP) is 5.01. The van der Waals surface area contributed by atoms with Gasteiger partial charge in [0.2, 0.25) is 16.0 Å². The Morgan fingerprint density at radius 3 is 2.38 bits per heavy atom. The van der Waals surface area contributed by atoms with Gasteiger partial charge in [-0.3, -0.25) is 9.88 Å². The van der Waals surface area contributed by atoms with Crippen molar-refractivity contribution in [1.82, 2.24) is 24.2 Å². The van der Waals surface area contributed by atoms with Crippen LogP contribution in [0.1, 0.15) is 24.1 Å². The molecule has 0 amide bonds. The highest BCUT2D eigenvalue weighted by molar-refractivity contribution is 7.89. The molecule has 2 aromatic heterocycles. The van der Waals surface area contributed by atoms with Crippen LogP contribution >= 0.6 is 0 Å². The predicted molar refractivity (Wildman–Crippen MR) is 149 cm³/mol. The maximum Gasteiger partial charge on any atom is 0.243 e. The van der Waals surface area contributed by atoms with E-state index in [1.165, 1.54) is 12.1 Å². The van der Waals surface area contributed by atoms with Crippen LogP contribution in [0.5, 0.6) is 0 Å². The minimum atomic E-state index is -3.60. The molecular formula is C29H31FN6O2S. The number of aromatic nitrogens is 3. The van der Waals surface area contributed by atoms with Gasteiger partial charge in [-0.25, -0.2) is 22.8 Å². The van der Waals surface area contributed by atoms with Gasteiger partial charge in [0.25, 0.3) is 0 Å². The van der Waals surface area contributed by atoms with Crippen LogP contribution in [0.3, 0.4) is 0 Å². The van der Waals surface area contributed by atoms with Crippen molar-refractivity contribution in [3.05, 3.63) is 96.2 Å². The number of anilines is 2. The zero-order valence-electron chi connectivity index (χ0n) is 22.0. The summed E-state index contributed by atoms with van der Waals surface area (Å²) >= 11 is 0. The minimum absolute atomic E-state index is 0.255. The number of nitrogens with zero attached hydrogens (tertiary/aromatic N) is 5. The smallest absolute Gasteiger partial charge is 0.243 e. The monoisotopic (exact) mass is 546 g/mol. The van der Waals surface area contributed by atoms with Crippen LogP contribution in [-0.4, -0.2) is 58.8 Å². The molecule has 0 atom stereocenters. The molecule has 5 rings (SSSR count). The third-order valence-corrected chi connectivity index (χ3v) is 9.02. The molecule has 0 unspecified atom stereocenters. The normalized spacial score (nSPS) is 15.0. The number of pyridine rings is 1. The molecule has 1 saturated heterocycles. The molecule has 8 nitrogen and oxygen atoms in total. The molecule has 3 heterocycles. The van der Waals surface area contributed by atoms with Crippen molar-refractivity contribution in [3.8, 4) is 11.3 Å². The van der Waals surface area contributed by atoms with Crippen LogP contribution in [0, 0.1) is 12.7 Å². The van der Waals surface area contributed by atoms with Crippen molar-refractivity contribution >= 4 is 21.7 Å². The first-order valence-corrected chi connectivity index (χ1v) is 14.3. The second-order valence-corrected chi connectivity index (χ2v) is 11.7. The molecule has 202 valence electrons. The lowest BCUT2D eigenvalue weighted by Gasteiger charge is -2.36. The Balaban J connectivity index is 1.20. The molecule has 1 N–H and O–H groups in total. The second kappa shape index (κ2) is 11.6. The van der Waals surface area contributed by atoms with Crippen LogP contribution in [0.2, 0.25) is 0 Å². The molecular weight excluding hydrogens is 515 g/mol. The Labute approximate surface area is 228 Å². The lowest BCUT2D eigenvalue weighted by molar-refractivity contribution is 0.160. The number of hydrogen-bond acceptors (Lipinski definition) is 7. The Morgan fingerprint density at radius 2 is 1.69 bits per heavy atom. The van der Waals surface area contributed by atoms with E-state index in [9.17, 15) is 12.8 Å². The van der Waals surface area contributed by atoms with Gasteiger partial charge < -0.3 is 5.32 Å². The van der Waals surface area contributed by atoms with Gasteiger partial charge >= 0.3 is 0 Å². The third-order valence-electron chi connectivity index (χ3n) is 7.11. The molecule has 39 heavy (non-hydrogen) atoms. The van der Waals surface area contributed by atoms with Crippen LogP contribution in [0.4, 0.5) is 16.0 Å². The lowest BCUT2D eigenvalue weighted by Crippen LogP contribution is -2.45. The third kappa shape index (κ3) is 6.30. The number of rotatable bonds is 8. The van der Waals surface area contributed by atoms with E-state index in [-0.39, 0.29) is 10.7 Å². The number of halogens is 1. The number of benzene rings is 2. The minimum Gasteiger partial charge on any atom is -0.324 e. The Kier molecular flexibility index (Phi) is 7.97. The molecule has 0 saturated carbocycles. The van der Waals surface area contributed by atoms with E-state index in [4.69, 9.17) is 0 Å². The molecule has 0 radical (unpaired) electrons. The van der Waals surface area contributed by atoms with Crippen LogP contribution in [0.15, 0.2) is 84.0 Å². The van der Waals surface area contributed by atoms with E-state index in [1.54, 1.807) is 53.0 Å². The summed E-state index contributed by atoms with van der Waals surface area (Å²) < 4.78 is 41.5. The van der Waals surface area contributed by atoms with E-state index < -0.39 is 10.0 Å². The standard InChI is InChI=1S/C29H31FN6O2S/c1-21-4-3-16-31-28(21)20-35(2)25-14-18-36(19-15-25)39(37,38)26-11-9-24(10-12-26)33-29-32-17-13-27(34-29)22-5-7-23(30)8-6-22/h3-13,16-17,25H,14-15,18-20H2,1-2H3,(H,32,33,34). The van der Waals surface area contributed by atoms with Crippen LogP contribution in [0.25, 0.3) is 11.3 Å². The largest absolute Gasteiger partial charge is 0.324 e. The van der Waals surface area contributed by atoms with Gasteiger partial charge in [-0.05, 0) is 93.0 Å². The first kappa shape index (κ1) is 26.9. The summed E-state index contributed by atoms with van der Waals surface area (Å²) in [6.45, 7) is 3.75. The summed E-state index contributed by atoms with van der Waals surface area (Å²) in [5.74, 6) is 0.0492. The van der Waals surface area contributed by atoms with Crippen molar-refractivity contribution in [3.63, 3.8) is 0 Å². The van der Waals surface area contributed by atoms with Crippen LogP contribution < -0.4 is 5.32 Å². The zero-order valence-corrected chi connectivity index (χ0v) is 22.8. The average molecular weight is 547 g/mol.